The minimum absolute atomic E-state index is 0.137. The van der Waals surface area contributed by atoms with Gasteiger partial charge in [-0.05, 0) is 69.5 Å². The van der Waals surface area contributed by atoms with Gasteiger partial charge in [-0.15, -0.1) is 11.3 Å². The highest BCUT2D eigenvalue weighted by Crippen LogP contribution is 2.32. The fourth-order valence-corrected chi connectivity index (χ4v) is 5.57. The number of anilines is 1. The molecule has 0 radical (unpaired) electrons. The summed E-state index contributed by atoms with van der Waals surface area (Å²) in [6.45, 7) is 5.53. The molecule has 168 valence electrons. The van der Waals surface area contributed by atoms with E-state index in [9.17, 15) is 4.79 Å². The van der Waals surface area contributed by atoms with E-state index in [0.29, 0.717) is 11.6 Å². The standard InChI is InChI=1S/C26H31N3OS2/c1-19-8-10-20(11-9-19)22-6-3-4-7-23(22)27-25(30)24-18-32-26(28-24)21-12-15-29(16-13-21)14-5-17-31-2/h3-4,6-11,18,21H,5,12-17H2,1-2H3,(H,27,30). The summed E-state index contributed by atoms with van der Waals surface area (Å²) in [5.41, 5.74) is 4.66. The molecule has 0 unspecified atom stereocenters. The van der Waals surface area contributed by atoms with Gasteiger partial charge in [0.1, 0.15) is 5.69 Å². The van der Waals surface area contributed by atoms with E-state index in [1.54, 1.807) is 11.3 Å². The van der Waals surface area contributed by atoms with E-state index in [1.165, 1.54) is 24.3 Å². The van der Waals surface area contributed by atoms with Gasteiger partial charge in [0.15, 0.2) is 0 Å². The number of carbonyl (C=O) groups excluding carboxylic acids is 1. The number of likely N-dealkylation sites (tertiary alicyclic amines) is 1. The Labute approximate surface area is 199 Å². The Morgan fingerprint density at radius 1 is 1.16 bits per heavy atom. The van der Waals surface area contributed by atoms with Crippen molar-refractivity contribution in [3.63, 3.8) is 0 Å². The van der Waals surface area contributed by atoms with Crippen LogP contribution in [0.5, 0.6) is 0 Å². The van der Waals surface area contributed by atoms with Crippen LogP contribution in [0, 0.1) is 6.92 Å². The summed E-state index contributed by atoms with van der Waals surface area (Å²) >= 11 is 3.55. The molecule has 6 heteroatoms. The maximum atomic E-state index is 13.0. The number of carbonyl (C=O) groups is 1. The van der Waals surface area contributed by atoms with Crippen LogP contribution in [-0.4, -0.2) is 47.4 Å². The van der Waals surface area contributed by atoms with E-state index >= 15 is 0 Å². The SMILES string of the molecule is CSCCCN1CCC(c2nc(C(=O)Nc3ccccc3-c3ccc(C)cc3)cs2)CC1. The number of hydrogen-bond donors (Lipinski definition) is 1. The van der Waals surface area contributed by atoms with Gasteiger partial charge in [0.05, 0.1) is 5.01 Å². The number of amides is 1. The average Bonchev–Trinajstić information content (AvgIpc) is 3.31. The summed E-state index contributed by atoms with van der Waals surface area (Å²) in [6, 6.07) is 16.3. The van der Waals surface area contributed by atoms with Crippen LogP contribution >= 0.6 is 23.1 Å². The molecule has 2 heterocycles. The fourth-order valence-electron chi connectivity index (χ4n) is 4.18. The predicted octanol–water partition coefficient (Wildman–Crippen LogP) is 6.30. The lowest BCUT2D eigenvalue weighted by Crippen LogP contribution is -2.33. The van der Waals surface area contributed by atoms with Gasteiger partial charge in [0.2, 0.25) is 0 Å². The number of aryl methyl sites for hydroxylation is 1. The van der Waals surface area contributed by atoms with Gasteiger partial charge in [0, 0.05) is 22.5 Å². The van der Waals surface area contributed by atoms with Crippen molar-refractivity contribution in [3.05, 3.63) is 70.2 Å². The number of aromatic nitrogens is 1. The molecule has 0 aliphatic carbocycles. The van der Waals surface area contributed by atoms with Crippen molar-refractivity contribution in [2.75, 3.05) is 37.0 Å². The van der Waals surface area contributed by atoms with Crippen molar-refractivity contribution in [2.45, 2.75) is 32.1 Å². The normalized spacial score (nSPS) is 15.1. The predicted molar refractivity (Wildman–Crippen MR) is 138 cm³/mol. The number of piperidine rings is 1. The van der Waals surface area contributed by atoms with Crippen molar-refractivity contribution in [1.82, 2.24) is 9.88 Å². The number of rotatable bonds is 8. The van der Waals surface area contributed by atoms with Gasteiger partial charge in [-0.1, -0.05) is 48.0 Å². The number of benzene rings is 2. The molecule has 4 rings (SSSR count). The van der Waals surface area contributed by atoms with Crippen LogP contribution in [-0.2, 0) is 0 Å². The molecule has 1 aliphatic heterocycles. The summed E-state index contributed by atoms with van der Waals surface area (Å²) in [5.74, 6) is 1.57. The van der Waals surface area contributed by atoms with Crippen LogP contribution in [0.1, 0.15) is 46.2 Å². The molecule has 1 amide bonds. The van der Waals surface area contributed by atoms with Crippen LogP contribution in [0.4, 0.5) is 5.69 Å². The third-order valence-corrected chi connectivity index (χ3v) is 7.76. The maximum absolute atomic E-state index is 13.0. The zero-order valence-electron chi connectivity index (χ0n) is 18.8. The van der Waals surface area contributed by atoms with E-state index < -0.39 is 0 Å². The van der Waals surface area contributed by atoms with Crippen LogP contribution < -0.4 is 5.32 Å². The lowest BCUT2D eigenvalue weighted by atomic mass is 9.97. The van der Waals surface area contributed by atoms with Gasteiger partial charge >= 0.3 is 0 Å². The first-order valence-corrected chi connectivity index (χ1v) is 13.6. The molecular formula is C26H31N3OS2. The molecule has 1 aromatic heterocycles. The van der Waals surface area contributed by atoms with Gasteiger partial charge < -0.3 is 10.2 Å². The largest absolute Gasteiger partial charge is 0.320 e. The molecule has 1 saturated heterocycles. The van der Waals surface area contributed by atoms with Crippen LogP contribution in [0.25, 0.3) is 11.1 Å². The van der Waals surface area contributed by atoms with Gasteiger partial charge in [-0.25, -0.2) is 4.98 Å². The maximum Gasteiger partial charge on any atom is 0.275 e. The number of para-hydroxylation sites is 1. The number of hydrogen-bond acceptors (Lipinski definition) is 5. The number of nitrogens with zero attached hydrogens (tertiary/aromatic N) is 2. The monoisotopic (exact) mass is 465 g/mol. The third kappa shape index (κ3) is 5.80. The molecule has 0 atom stereocenters. The lowest BCUT2D eigenvalue weighted by Gasteiger charge is -2.30. The lowest BCUT2D eigenvalue weighted by molar-refractivity contribution is 0.102. The van der Waals surface area contributed by atoms with E-state index in [1.807, 2.05) is 41.4 Å². The summed E-state index contributed by atoms with van der Waals surface area (Å²) in [5, 5.41) is 6.10. The summed E-state index contributed by atoms with van der Waals surface area (Å²) in [6.07, 6.45) is 5.69. The zero-order chi connectivity index (χ0) is 22.3. The molecule has 1 N–H and O–H groups in total. The third-order valence-electron chi connectivity index (χ3n) is 6.05. The summed E-state index contributed by atoms with van der Waals surface area (Å²) < 4.78 is 0. The van der Waals surface area contributed by atoms with Crippen molar-refractivity contribution >= 4 is 34.7 Å². The highest BCUT2D eigenvalue weighted by atomic mass is 32.2. The molecule has 0 saturated carbocycles. The quantitative estimate of drug-likeness (QED) is 0.396. The van der Waals surface area contributed by atoms with E-state index in [4.69, 9.17) is 4.98 Å². The van der Waals surface area contributed by atoms with Crippen molar-refractivity contribution < 1.29 is 4.79 Å². The van der Waals surface area contributed by atoms with Gasteiger partial charge in [0.25, 0.3) is 5.91 Å². The highest BCUT2D eigenvalue weighted by Gasteiger charge is 2.24. The van der Waals surface area contributed by atoms with Crippen LogP contribution in [0.15, 0.2) is 53.9 Å². The average molecular weight is 466 g/mol. The Morgan fingerprint density at radius 2 is 1.91 bits per heavy atom. The first kappa shape index (κ1) is 23.0. The first-order chi connectivity index (χ1) is 15.6. The van der Waals surface area contributed by atoms with Crippen LogP contribution in [0.2, 0.25) is 0 Å². The molecule has 1 fully saturated rings. The molecule has 0 spiro atoms. The molecule has 1 aliphatic rings. The first-order valence-electron chi connectivity index (χ1n) is 11.3. The fraction of sp³-hybridized carbons (Fsp3) is 0.385. The summed E-state index contributed by atoms with van der Waals surface area (Å²) in [7, 11) is 0. The molecule has 2 aromatic carbocycles. The topological polar surface area (TPSA) is 45.2 Å². The Hall–Kier alpha value is -2.15. The Kier molecular flexibility index (Phi) is 8.00. The highest BCUT2D eigenvalue weighted by molar-refractivity contribution is 7.98. The second-order valence-electron chi connectivity index (χ2n) is 8.40. The van der Waals surface area contributed by atoms with E-state index in [2.05, 4.69) is 47.7 Å². The number of thioether (sulfide) groups is 1. The van der Waals surface area contributed by atoms with Gasteiger partial charge in [-0.2, -0.15) is 11.8 Å². The number of nitrogens with one attached hydrogen (secondary N) is 1. The van der Waals surface area contributed by atoms with Crippen molar-refractivity contribution in [3.8, 4) is 11.1 Å². The van der Waals surface area contributed by atoms with Crippen LogP contribution in [0.3, 0.4) is 0 Å². The minimum Gasteiger partial charge on any atom is -0.320 e. The smallest absolute Gasteiger partial charge is 0.275 e. The zero-order valence-corrected chi connectivity index (χ0v) is 20.5. The second kappa shape index (κ2) is 11.1. The minimum atomic E-state index is -0.137. The van der Waals surface area contributed by atoms with Crippen molar-refractivity contribution in [1.29, 1.82) is 0 Å². The second-order valence-corrected chi connectivity index (χ2v) is 10.3. The molecule has 3 aromatic rings. The number of thiazole rings is 1. The molecule has 32 heavy (non-hydrogen) atoms. The Morgan fingerprint density at radius 3 is 2.66 bits per heavy atom. The Balaban J connectivity index is 1.39. The van der Waals surface area contributed by atoms with Crippen molar-refractivity contribution in [2.24, 2.45) is 0 Å². The van der Waals surface area contributed by atoms with E-state index in [0.717, 1.165) is 47.8 Å². The molecule has 0 bridgehead atoms. The Bertz CT molecular complexity index is 1020. The molecule has 4 nitrogen and oxygen atoms in total. The van der Waals surface area contributed by atoms with E-state index in [-0.39, 0.29) is 5.91 Å². The molecular weight excluding hydrogens is 434 g/mol. The van der Waals surface area contributed by atoms with Gasteiger partial charge in [-0.3, -0.25) is 4.79 Å². The summed E-state index contributed by atoms with van der Waals surface area (Å²) in [4.78, 5) is 20.3.